The van der Waals surface area contributed by atoms with Crippen molar-refractivity contribution in [2.45, 2.75) is 55.2 Å². The van der Waals surface area contributed by atoms with Crippen LogP contribution in [-0.2, 0) is 0 Å². The summed E-state index contributed by atoms with van der Waals surface area (Å²) in [5.74, 6) is 0.618. The minimum absolute atomic E-state index is 0.220. The summed E-state index contributed by atoms with van der Waals surface area (Å²) >= 11 is 3.83. The lowest BCUT2D eigenvalue weighted by molar-refractivity contribution is 0.210. The molecule has 0 amide bonds. The van der Waals surface area contributed by atoms with Gasteiger partial charge in [0.15, 0.2) is 0 Å². The van der Waals surface area contributed by atoms with Gasteiger partial charge in [0, 0.05) is 17.3 Å². The van der Waals surface area contributed by atoms with Gasteiger partial charge in [0.2, 0.25) is 0 Å². The molecule has 2 unspecified atom stereocenters. The second-order valence-electron chi connectivity index (χ2n) is 5.56. The summed E-state index contributed by atoms with van der Waals surface area (Å²) in [7, 11) is 0. The molecule has 0 saturated heterocycles. The van der Waals surface area contributed by atoms with Gasteiger partial charge in [-0.3, -0.25) is 0 Å². The van der Waals surface area contributed by atoms with Gasteiger partial charge >= 0.3 is 0 Å². The van der Waals surface area contributed by atoms with Crippen molar-refractivity contribution in [1.82, 2.24) is 5.32 Å². The van der Waals surface area contributed by atoms with E-state index in [1.807, 2.05) is 23.1 Å². The molecular formula is C14H23NOS2. The van der Waals surface area contributed by atoms with Crippen LogP contribution < -0.4 is 5.32 Å². The minimum Gasteiger partial charge on any atom is -0.395 e. The van der Waals surface area contributed by atoms with Crippen LogP contribution in [0.25, 0.3) is 0 Å². The lowest BCUT2D eigenvalue weighted by Gasteiger charge is -2.31. The van der Waals surface area contributed by atoms with Crippen LogP contribution in [0.4, 0.5) is 0 Å². The Morgan fingerprint density at radius 3 is 2.94 bits per heavy atom. The largest absolute Gasteiger partial charge is 0.395 e. The van der Waals surface area contributed by atoms with E-state index in [1.165, 1.54) is 9.77 Å². The van der Waals surface area contributed by atoms with E-state index in [9.17, 15) is 5.11 Å². The Labute approximate surface area is 118 Å². The van der Waals surface area contributed by atoms with Crippen molar-refractivity contribution in [3.8, 4) is 0 Å². The van der Waals surface area contributed by atoms with E-state index in [-0.39, 0.29) is 12.6 Å². The van der Waals surface area contributed by atoms with E-state index < -0.39 is 0 Å². The maximum Gasteiger partial charge on any atom is 0.0649 e. The molecule has 0 bridgehead atoms. The summed E-state index contributed by atoms with van der Waals surface area (Å²) in [6.45, 7) is 6.94. The van der Waals surface area contributed by atoms with Gasteiger partial charge in [0.25, 0.3) is 0 Å². The second kappa shape index (κ2) is 6.42. The zero-order chi connectivity index (χ0) is 13.1. The van der Waals surface area contributed by atoms with Crippen LogP contribution in [0.1, 0.15) is 45.2 Å². The van der Waals surface area contributed by atoms with E-state index in [0.717, 1.165) is 12.8 Å². The number of thiophene rings is 1. The van der Waals surface area contributed by atoms with Gasteiger partial charge in [0.1, 0.15) is 0 Å². The number of rotatable bonds is 5. The summed E-state index contributed by atoms with van der Waals surface area (Å²) in [6, 6.07) is 2.87. The summed E-state index contributed by atoms with van der Waals surface area (Å²) in [5, 5.41) is 16.0. The number of fused-ring (bicyclic) bond motifs is 1. The van der Waals surface area contributed by atoms with E-state index in [0.29, 0.717) is 17.2 Å². The highest BCUT2D eigenvalue weighted by Gasteiger charge is 2.27. The smallest absolute Gasteiger partial charge is 0.0649 e. The van der Waals surface area contributed by atoms with E-state index >= 15 is 0 Å². The molecule has 102 valence electrons. The van der Waals surface area contributed by atoms with Crippen molar-refractivity contribution in [1.29, 1.82) is 0 Å². The van der Waals surface area contributed by atoms with Crippen molar-refractivity contribution in [2.75, 3.05) is 6.61 Å². The average molecular weight is 285 g/mol. The molecule has 0 aromatic carbocycles. The predicted molar refractivity (Wildman–Crippen MR) is 80.5 cm³/mol. The molecule has 1 aliphatic heterocycles. The maximum absolute atomic E-state index is 9.50. The molecule has 1 aromatic rings. The summed E-state index contributed by atoms with van der Waals surface area (Å²) in [6.07, 6.45) is 2.19. The minimum atomic E-state index is 0.220. The third-order valence-electron chi connectivity index (χ3n) is 3.32. The number of nitrogens with one attached hydrogen (secondary N) is 1. The van der Waals surface area contributed by atoms with Crippen LogP contribution in [0.3, 0.4) is 0 Å². The lowest BCUT2D eigenvalue weighted by atomic mass is 9.99. The molecule has 0 spiro atoms. The van der Waals surface area contributed by atoms with Crippen molar-refractivity contribution < 1.29 is 5.11 Å². The van der Waals surface area contributed by atoms with Gasteiger partial charge in [0.05, 0.1) is 10.8 Å². The molecule has 0 saturated carbocycles. The quantitative estimate of drug-likeness (QED) is 0.866. The summed E-state index contributed by atoms with van der Waals surface area (Å²) < 4.78 is 1.45. The fourth-order valence-electron chi connectivity index (χ4n) is 2.56. The Hall–Kier alpha value is -0.0300. The number of hydrogen-bond donors (Lipinski definition) is 2. The Kier molecular flexibility index (Phi) is 5.13. The molecule has 18 heavy (non-hydrogen) atoms. The fraction of sp³-hybridized carbons (Fsp3) is 0.714. The molecule has 2 nitrogen and oxygen atoms in total. The van der Waals surface area contributed by atoms with Gasteiger partial charge < -0.3 is 10.4 Å². The average Bonchev–Trinajstić information content (AvgIpc) is 2.75. The van der Waals surface area contributed by atoms with E-state index in [2.05, 4.69) is 37.5 Å². The van der Waals surface area contributed by atoms with Crippen molar-refractivity contribution in [3.05, 3.63) is 17.0 Å². The fourth-order valence-corrected chi connectivity index (χ4v) is 5.12. The third-order valence-corrected chi connectivity index (χ3v) is 5.67. The molecule has 1 aliphatic rings. The van der Waals surface area contributed by atoms with Crippen molar-refractivity contribution in [2.24, 2.45) is 5.92 Å². The monoisotopic (exact) mass is 285 g/mol. The molecule has 4 heteroatoms. The van der Waals surface area contributed by atoms with E-state index in [4.69, 9.17) is 0 Å². The Morgan fingerprint density at radius 1 is 1.50 bits per heavy atom. The second-order valence-corrected chi connectivity index (χ2v) is 8.18. The normalized spacial score (nSPS) is 25.2. The van der Waals surface area contributed by atoms with Gasteiger partial charge in [-0.25, -0.2) is 0 Å². The van der Waals surface area contributed by atoms with Gasteiger partial charge in [-0.15, -0.1) is 23.1 Å². The molecule has 2 heterocycles. The zero-order valence-corrected chi connectivity index (χ0v) is 13.0. The number of hydrogen-bond acceptors (Lipinski definition) is 4. The third kappa shape index (κ3) is 3.50. The predicted octanol–water partition coefficient (Wildman–Crippen LogP) is 3.67. The molecule has 0 radical (unpaired) electrons. The Balaban J connectivity index is 2.05. The Morgan fingerprint density at radius 2 is 2.28 bits per heavy atom. The molecule has 3 atom stereocenters. The first-order valence-electron chi connectivity index (χ1n) is 6.71. The molecule has 2 N–H and O–H groups in total. The van der Waals surface area contributed by atoms with Gasteiger partial charge in [-0.2, -0.15) is 0 Å². The number of thioether (sulfide) groups is 1. The van der Waals surface area contributed by atoms with E-state index in [1.54, 1.807) is 0 Å². The standard InChI is InChI=1S/C14H23NOS2/c1-9(2)6-11(8-16)15-13-7-10(3)18-14-12(13)4-5-17-14/h4-5,9-11,13,15-16H,6-8H2,1-3H3/t10-,11?,13?/m0/s1. The molecule has 1 aromatic heterocycles. The van der Waals surface area contributed by atoms with Gasteiger partial charge in [-0.05, 0) is 35.8 Å². The maximum atomic E-state index is 9.50. The first kappa shape index (κ1) is 14.4. The lowest BCUT2D eigenvalue weighted by Crippen LogP contribution is -2.38. The SMILES string of the molecule is CC(C)CC(CO)NC1C[C@H](C)Sc2sccc21. The first-order valence-corrected chi connectivity index (χ1v) is 8.47. The van der Waals surface area contributed by atoms with Gasteiger partial charge in [-0.1, -0.05) is 20.8 Å². The molecular weight excluding hydrogens is 262 g/mol. The van der Waals surface area contributed by atoms with Crippen molar-refractivity contribution >= 4 is 23.1 Å². The summed E-state index contributed by atoms with van der Waals surface area (Å²) in [5.41, 5.74) is 1.44. The topological polar surface area (TPSA) is 32.3 Å². The summed E-state index contributed by atoms with van der Waals surface area (Å²) in [4.78, 5) is 0. The Bertz CT molecular complexity index is 378. The zero-order valence-electron chi connectivity index (χ0n) is 11.3. The first-order chi connectivity index (χ1) is 8.60. The number of aliphatic hydroxyl groups excluding tert-OH is 1. The van der Waals surface area contributed by atoms with Crippen LogP contribution in [0.2, 0.25) is 0 Å². The molecule has 0 aliphatic carbocycles. The van der Waals surface area contributed by atoms with Crippen LogP contribution in [-0.4, -0.2) is 23.0 Å². The highest BCUT2D eigenvalue weighted by atomic mass is 32.2. The highest BCUT2D eigenvalue weighted by molar-refractivity contribution is 8.01. The van der Waals surface area contributed by atoms with Crippen LogP contribution in [0.15, 0.2) is 15.7 Å². The van der Waals surface area contributed by atoms with Crippen LogP contribution in [0.5, 0.6) is 0 Å². The van der Waals surface area contributed by atoms with Crippen LogP contribution in [0, 0.1) is 5.92 Å². The van der Waals surface area contributed by atoms with Crippen molar-refractivity contribution in [3.63, 3.8) is 0 Å². The highest BCUT2D eigenvalue weighted by Crippen LogP contribution is 2.43. The number of aliphatic hydroxyl groups is 1. The molecule has 2 rings (SSSR count). The van der Waals surface area contributed by atoms with Crippen LogP contribution >= 0.6 is 23.1 Å². The molecule has 0 fully saturated rings.